The van der Waals surface area contributed by atoms with E-state index in [9.17, 15) is 0 Å². The standard InChI is InChI=1S/C13H16N2S2/c1-16-12-4-2-11(3-5-12)10-14-7-6-13-15-8-9-17-13/h2-5,8-9,14H,6-7,10H2,1H3. The zero-order chi connectivity index (χ0) is 11.9. The van der Waals surface area contributed by atoms with Crippen LogP contribution >= 0.6 is 23.1 Å². The van der Waals surface area contributed by atoms with Crippen LogP contribution in [0.3, 0.4) is 0 Å². The fraction of sp³-hybridized carbons (Fsp3) is 0.308. The van der Waals surface area contributed by atoms with Crippen LogP contribution in [0.5, 0.6) is 0 Å². The Labute approximate surface area is 110 Å². The Morgan fingerprint density at radius 2 is 2.12 bits per heavy atom. The average Bonchev–Trinajstić information content (AvgIpc) is 2.88. The van der Waals surface area contributed by atoms with Crippen molar-refractivity contribution in [1.29, 1.82) is 0 Å². The van der Waals surface area contributed by atoms with Crippen LogP contribution in [0.25, 0.3) is 0 Å². The molecule has 17 heavy (non-hydrogen) atoms. The first-order chi connectivity index (χ1) is 8.38. The predicted octanol–water partition coefficient (Wildman–Crippen LogP) is 3.20. The lowest BCUT2D eigenvalue weighted by atomic mass is 10.2. The third kappa shape index (κ3) is 4.15. The minimum Gasteiger partial charge on any atom is -0.312 e. The van der Waals surface area contributed by atoms with Crippen LogP contribution in [0, 0.1) is 0 Å². The van der Waals surface area contributed by atoms with Crippen LogP contribution in [-0.2, 0) is 13.0 Å². The number of thiazole rings is 1. The minimum absolute atomic E-state index is 0.931. The summed E-state index contributed by atoms with van der Waals surface area (Å²) < 4.78 is 0. The van der Waals surface area contributed by atoms with Crippen molar-refractivity contribution in [2.45, 2.75) is 17.9 Å². The highest BCUT2D eigenvalue weighted by molar-refractivity contribution is 7.98. The van der Waals surface area contributed by atoms with Gasteiger partial charge in [-0.3, -0.25) is 0 Å². The molecule has 0 spiro atoms. The summed E-state index contributed by atoms with van der Waals surface area (Å²) >= 11 is 3.50. The average molecular weight is 264 g/mol. The molecule has 2 aromatic rings. The highest BCUT2D eigenvalue weighted by Gasteiger charge is 1.96. The van der Waals surface area contributed by atoms with Crippen LogP contribution in [0.2, 0.25) is 0 Å². The van der Waals surface area contributed by atoms with E-state index in [1.165, 1.54) is 15.5 Å². The maximum atomic E-state index is 4.26. The van der Waals surface area contributed by atoms with E-state index < -0.39 is 0 Å². The molecule has 0 unspecified atom stereocenters. The van der Waals surface area contributed by atoms with Crippen molar-refractivity contribution in [3.05, 3.63) is 46.4 Å². The van der Waals surface area contributed by atoms with Gasteiger partial charge in [-0.05, 0) is 24.0 Å². The van der Waals surface area contributed by atoms with Crippen LogP contribution in [-0.4, -0.2) is 17.8 Å². The number of hydrogen-bond acceptors (Lipinski definition) is 4. The molecule has 0 saturated heterocycles. The third-order valence-corrected chi connectivity index (χ3v) is 4.07. The van der Waals surface area contributed by atoms with Gasteiger partial charge in [0.2, 0.25) is 0 Å². The first kappa shape index (κ1) is 12.6. The van der Waals surface area contributed by atoms with Gasteiger partial charge in [-0.25, -0.2) is 4.98 Å². The van der Waals surface area contributed by atoms with Gasteiger partial charge >= 0.3 is 0 Å². The Kier molecular flexibility index (Phi) is 5.04. The van der Waals surface area contributed by atoms with Crippen LogP contribution in [0.15, 0.2) is 40.7 Å². The molecule has 0 fully saturated rings. The van der Waals surface area contributed by atoms with E-state index in [0.717, 1.165) is 19.5 Å². The Morgan fingerprint density at radius 3 is 2.76 bits per heavy atom. The lowest BCUT2D eigenvalue weighted by molar-refractivity contribution is 0.685. The van der Waals surface area contributed by atoms with Gasteiger partial charge < -0.3 is 5.32 Å². The second-order valence-corrected chi connectivity index (χ2v) is 5.56. The molecule has 1 aromatic heterocycles. The van der Waals surface area contributed by atoms with E-state index in [1.807, 2.05) is 11.6 Å². The maximum Gasteiger partial charge on any atom is 0.0937 e. The normalized spacial score (nSPS) is 10.6. The number of benzene rings is 1. The summed E-state index contributed by atoms with van der Waals surface area (Å²) in [7, 11) is 0. The van der Waals surface area contributed by atoms with Gasteiger partial charge in [0.25, 0.3) is 0 Å². The van der Waals surface area contributed by atoms with Gasteiger partial charge in [-0.15, -0.1) is 23.1 Å². The van der Waals surface area contributed by atoms with Crippen molar-refractivity contribution in [1.82, 2.24) is 10.3 Å². The summed E-state index contributed by atoms with van der Waals surface area (Å²) in [6, 6.07) is 8.70. The lowest BCUT2D eigenvalue weighted by Crippen LogP contribution is -2.16. The zero-order valence-corrected chi connectivity index (χ0v) is 11.5. The summed E-state index contributed by atoms with van der Waals surface area (Å²) in [5.41, 5.74) is 1.34. The summed E-state index contributed by atoms with van der Waals surface area (Å²) in [6.07, 6.45) is 4.98. The number of rotatable bonds is 6. The molecule has 2 nitrogen and oxygen atoms in total. The molecule has 4 heteroatoms. The van der Waals surface area contributed by atoms with Gasteiger partial charge in [-0.1, -0.05) is 12.1 Å². The van der Waals surface area contributed by atoms with Gasteiger partial charge in [0.1, 0.15) is 0 Å². The SMILES string of the molecule is CSc1ccc(CNCCc2nccs2)cc1. The molecule has 0 atom stereocenters. The molecule has 1 N–H and O–H groups in total. The van der Waals surface area contributed by atoms with E-state index in [4.69, 9.17) is 0 Å². The molecule has 0 radical (unpaired) electrons. The van der Waals surface area contributed by atoms with Gasteiger partial charge in [-0.2, -0.15) is 0 Å². The third-order valence-electron chi connectivity index (χ3n) is 2.49. The fourth-order valence-corrected chi connectivity index (χ4v) is 2.58. The molecule has 0 bridgehead atoms. The molecular weight excluding hydrogens is 248 g/mol. The van der Waals surface area contributed by atoms with Crippen LogP contribution in [0.1, 0.15) is 10.6 Å². The van der Waals surface area contributed by atoms with Gasteiger partial charge in [0.05, 0.1) is 5.01 Å². The van der Waals surface area contributed by atoms with Crippen LogP contribution < -0.4 is 5.32 Å². The smallest absolute Gasteiger partial charge is 0.0937 e. The van der Waals surface area contributed by atoms with Gasteiger partial charge in [0.15, 0.2) is 0 Å². The topological polar surface area (TPSA) is 24.9 Å². The quantitative estimate of drug-likeness (QED) is 0.640. The fourth-order valence-electron chi connectivity index (χ4n) is 1.55. The van der Waals surface area contributed by atoms with Crippen molar-refractivity contribution < 1.29 is 0 Å². The number of hydrogen-bond donors (Lipinski definition) is 1. The van der Waals surface area contributed by atoms with E-state index >= 15 is 0 Å². The van der Waals surface area contributed by atoms with Crippen molar-refractivity contribution in [3.63, 3.8) is 0 Å². The van der Waals surface area contributed by atoms with Crippen molar-refractivity contribution in [2.75, 3.05) is 12.8 Å². The van der Waals surface area contributed by atoms with Gasteiger partial charge in [0, 0.05) is 36.0 Å². The van der Waals surface area contributed by atoms with Crippen molar-refractivity contribution >= 4 is 23.1 Å². The van der Waals surface area contributed by atoms with Crippen LogP contribution in [0.4, 0.5) is 0 Å². The second-order valence-electron chi connectivity index (χ2n) is 3.70. The van der Waals surface area contributed by atoms with Crippen molar-refractivity contribution in [3.8, 4) is 0 Å². The molecule has 90 valence electrons. The summed E-state index contributed by atoms with van der Waals surface area (Å²) in [6.45, 7) is 1.91. The lowest BCUT2D eigenvalue weighted by Gasteiger charge is -2.04. The zero-order valence-electron chi connectivity index (χ0n) is 9.85. The van der Waals surface area contributed by atoms with Crippen molar-refractivity contribution in [2.24, 2.45) is 0 Å². The minimum atomic E-state index is 0.931. The second kappa shape index (κ2) is 6.79. The summed E-state index contributed by atoms with van der Waals surface area (Å²) in [4.78, 5) is 5.58. The highest BCUT2D eigenvalue weighted by Crippen LogP contribution is 2.14. The Hall–Kier alpha value is -0.840. The first-order valence-electron chi connectivity index (χ1n) is 5.60. The molecule has 0 aliphatic rings. The molecule has 1 aromatic carbocycles. The molecule has 0 aliphatic heterocycles. The van der Waals surface area contributed by atoms with E-state index in [2.05, 4.69) is 40.8 Å². The largest absolute Gasteiger partial charge is 0.312 e. The molecule has 0 amide bonds. The Bertz CT molecular complexity index is 423. The number of thioether (sulfide) groups is 1. The first-order valence-corrected chi connectivity index (χ1v) is 7.71. The molecule has 2 rings (SSSR count). The number of nitrogens with zero attached hydrogens (tertiary/aromatic N) is 1. The summed E-state index contributed by atoms with van der Waals surface area (Å²) in [5.74, 6) is 0. The van der Waals surface area contributed by atoms with E-state index in [1.54, 1.807) is 23.1 Å². The summed E-state index contributed by atoms with van der Waals surface area (Å²) in [5, 5.41) is 6.67. The number of aromatic nitrogens is 1. The number of nitrogens with one attached hydrogen (secondary N) is 1. The monoisotopic (exact) mass is 264 g/mol. The molecule has 1 heterocycles. The van der Waals surface area contributed by atoms with E-state index in [0.29, 0.717) is 0 Å². The molecular formula is C13H16N2S2. The molecule has 0 saturated carbocycles. The van der Waals surface area contributed by atoms with E-state index in [-0.39, 0.29) is 0 Å². The Morgan fingerprint density at radius 1 is 1.29 bits per heavy atom. The predicted molar refractivity (Wildman–Crippen MR) is 75.7 cm³/mol. The molecule has 0 aliphatic carbocycles. The maximum absolute atomic E-state index is 4.26. The Balaban J connectivity index is 1.70. The highest BCUT2D eigenvalue weighted by atomic mass is 32.2.